The number of carbonyl (C=O) groups is 1. The van der Waals surface area contributed by atoms with Crippen LogP contribution in [0.4, 0.5) is 14.5 Å². The van der Waals surface area contributed by atoms with Crippen LogP contribution in [0.2, 0.25) is 25.7 Å². The molecule has 0 bridgehead atoms. The second kappa shape index (κ2) is 12.6. The number of carbonyl (C=O) groups excluding carboxylic acids is 1. The topological polar surface area (TPSA) is 118 Å². The van der Waals surface area contributed by atoms with Gasteiger partial charge in [-0.15, -0.1) is 10.2 Å². The number of hydrogen-bond acceptors (Lipinski definition) is 9. The van der Waals surface area contributed by atoms with Crippen molar-refractivity contribution in [2.24, 2.45) is 7.05 Å². The van der Waals surface area contributed by atoms with Crippen LogP contribution in [-0.4, -0.2) is 96.8 Å². The predicted molar refractivity (Wildman–Crippen MR) is 170 cm³/mol. The Morgan fingerprint density at radius 2 is 1.89 bits per heavy atom. The van der Waals surface area contributed by atoms with E-state index in [2.05, 4.69) is 39.8 Å². The molecule has 1 aromatic carbocycles. The molecule has 1 saturated heterocycles. The second-order valence-electron chi connectivity index (χ2n) is 12.6. The molecule has 3 heterocycles. The number of rotatable bonds is 12. The van der Waals surface area contributed by atoms with Gasteiger partial charge in [-0.2, -0.15) is 5.10 Å². The predicted octanol–water partition coefficient (Wildman–Crippen LogP) is 4.80. The third-order valence-electron chi connectivity index (χ3n) is 8.16. The molecule has 0 unspecified atom stereocenters. The fourth-order valence-electron chi connectivity index (χ4n) is 5.35. The first kappa shape index (κ1) is 33.3. The molecule has 45 heavy (non-hydrogen) atoms. The monoisotopic (exact) mass is 680 g/mol. The minimum absolute atomic E-state index is 0.0451. The lowest BCUT2D eigenvalue weighted by Gasteiger charge is -2.36. The molecule has 2 fully saturated rings. The highest BCUT2D eigenvalue weighted by Crippen LogP contribution is 2.47. The molecule has 1 aliphatic carbocycles. The molecule has 0 atom stereocenters. The van der Waals surface area contributed by atoms with Gasteiger partial charge >= 0.3 is 5.66 Å². The van der Waals surface area contributed by atoms with E-state index in [0.717, 1.165) is 10.3 Å². The molecule has 5 rings (SSSR count). The van der Waals surface area contributed by atoms with Gasteiger partial charge < -0.3 is 14.5 Å². The van der Waals surface area contributed by atoms with Gasteiger partial charge in [0.25, 0.3) is 16.4 Å². The maximum absolute atomic E-state index is 14.5. The zero-order valence-corrected chi connectivity index (χ0v) is 28.7. The summed E-state index contributed by atoms with van der Waals surface area (Å²) in [4.78, 5) is 19.8. The number of hydrogen-bond donors (Lipinski definition) is 0. The highest BCUT2D eigenvalue weighted by Gasteiger charge is 2.61. The lowest BCUT2D eigenvalue weighted by molar-refractivity contribution is -0.131. The first-order valence-corrected chi connectivity index (χ1v) is 20.8. The number of benzene rings is 1. The Kier molecular flexibility index (Phi) is 9.35. The summed E-state index contributed by atoms with van der Waals surface area (Å²) in [5, 5.41) is 12.2. The number of ether oxygens (including phenoxy) is 1. The molecule has 12 nitrogen and oxygen atoms in total. The van der Waals surface area contributed by atoms with Crippen molar-refractivity contribution < 1.29 is 26.7 Å². The van der Waals surface area contributed by atoms with E-state index in [1.54, 1.807) is 22.7 Å². The maximum atomic E-state index is 14.5. The third kappa shape index (κ3) is 6.75. The number of nitrogens with zero attached hydrogens (tertiary/aromatic N) is 8. The first-order chi connectivity index (χ1) is 21.2. The molecule has 2 aliphatic rings. The van der Waals surface area contributed by atoms with E-state index < -0.39 is 35.2 Å². The zero-order valence-electron chi connectivity index (χ0n) is 26.1. The Balaban J connectivity index is 1.61. The number of fused-ring (bicyclic) bond motifs is 1. The quantitative estimate of drug-likeness (QED) is 0.116. The Bertz CT molecular complexity index is 1720. The lowest BCUT2D eigenvalue weighted by atomic mass is 10.1. The van der Waals surface area contributed by atoms with Crippen molar-refractivity contribution in [1.82, 2.24) is 29.2 Å². The van der Waals surface area contributed by atoms with E-state index in [4.69, 9.17) is 11.3 Å². The van der Waals surface area contributed by atoms with Crippen molar-refractivity contribution >= 4 is 51.9 Å². The third-order valence-corrected chi connectivity index (χ3v) is 12.7. The van der Waals surface area contributed by atoms with Crippen LogP contribution in [0.25, 0.3) is 26.4 Å². The van der Waals surface area contributed by atoms with Crippen molar-refractivity contribution in [2.75, 3.05) is 44.4 Å². The summed E-state index contributed by atoms with van der Waals surface area (Å²) in [6, 6.07) is 3.90. The smallest absolute Gasteiger partial charge is 0.303 e. The summed E-state index contributed by atoms with van der Waals surface area (Å²) < 4.78 is 64.4. The average molecular weight is 681 g/mol. The number of halogens is 2. The minimum Gasteiger partial charge on any atom is -0.366 e. The van der Waals surface area contributed by atoms with Crippen LogP contribution in [0.1, 0.15) is 37.6 Å². The van der Waals surface area contributed by atoms with E-state index in [-0.39, 0.29) is 28.2 Å². The minimum atomic E-state index is -4.28. The molecule has 0 spiro atoms. The summed E-state index contributed by atoms with van der Waals surface area (Å²) in [7, 11) is -4.02. The van der Waals surface area contributed by atoms with E-state index in [1.165, 1.54) is 6.07 Å². The Morgan fingerprint density at radius 3 is 2.44 bits per heavy atom. The molecular formula is C28H38F2N8O4S2Si. The van der Waals surface area contributed by atoms with Crippen molar-refractivity contribution in [3.05, 3.63) is 28.6 Å². The standard InChI is InChI=1S/C28H38F2N8O4S2Si/c1-7-22(39)37-12-10-36(11-13-37)21-17-19(16-20-23(34-35(3)24(20)21)26-32-33-27(43-26)25(29)30)44(40,41)38(28(31-2)8-9-28)18-42-14-15-45(4,5)6/h16-17,25H,7-15,18H2,1,3-6H3. The second-order valence-corrected chi connectivity index (χ2v) is 21.1. The summed E-state index contributed by atoms with van der Waals surface area (Å²) >= 11 is 0.700. The van der Waals surface area contributed by atoms with Gasteiger partial charge in [-0.3, -0.25) is 14.3 Å². The molecule has 0 radical (unpaired) electrons. The normalized spacial score (nSPS) is 17.0. The molecule has 3 aromatic rings. The summed E-state index contributed by atoms with van der Waals surface area (Å²) in [6.07, 6.45) is -1.62. The molecule has 1 aliphatic heterocycles. The van der Waals surface area contributed by atoms with Crippen LogP contribution >= 0.6 is 11.3 Å². The summed E-state index contributed by atoms with van der Waals surface area (Å²) in [5.41, 5.74) is 0.181. The van der Waals surface area contributed by atoms with Crippen LogP contribution < -0.4 is 4.90 Å². The van der Waals surface area contributed by atoms with Crippen molar-refractivity contribution in [2.45, 2.75) is 68.9 Å². The Hall–Kier alpha value is -3.04. The fourth-order valence-corrected chi connectivity index (χ4v) is 8.47. The summed E-state index contributed by atoms with van der Waals surface area (Å²) in [6.45, 7) is 18.2. The van der Waals surface area contributed by atoms with E-state index in [1.807, 2.05) is 11.8 Å². The van der Waals surface area contributed by atoms with Gasteiger partial charge in [0, 0.05) is 59.7 Å². The van der Waals surface area contributed by atoms with Gasteiger partial charge in [0.15, 0.2) is 10.0 Å². The number of amides is 1. The Morgan fingerprint density at radius 1 is 1.20 bits per heavy atom. The highest BCUT2D eigenvalue weighted by atomic mass is 32.2. The van der Waals surface area contributed by atoms with E-state index in [0.29, 0.717) is 80.0 Å². The van der Waals surface area contributed by atoms with Gasteiger partial charge in [0.1, 0.15) is 12.4 Å². The zero-order chi connectivity index (χ0) is 32.7. The van der Waals surface area contributed by atoms with Gasteiger partial charge in [-0.1, -0.05) is 42.2 Å². The van der Waals surface area contributed by atoms with Crippen molar-refractivity contribution in [3.63, 3.8) is 0 Å². The van der Waals surface area contributed by atoms with Crippen LogP contribution in [0.3, 0.4) is 0 Å². The number of anilines is 1. The van der Waals surface area contributed by atoms with E-state index >= 15 is 0 Å². The van der Waals surface area contributed by atoms with Crippen molar-refractivity contribution in [3.8, 4) is 10.7 Å². The van der Waals surface area contributed by atoms with E-state index in [9.17, 15) is 22.0 Å². The highest BCUT2D eigenvalue weighted by molar-refractivity contribution is 7.89. The molecule has 0 N–H and O–H groups in total. The molecule has 17 heteroatoms. The van der Waals surface area contributed by atoms with Crippen LogP contribution in [0.15, 0.2) is 17.0 Å². The molecule has 2 aromatic heterocycles. The molecule has 244 valence electrons. The molecular weight excluding hydrogens is 643 g/mol. The summed E-state index contributed by atoms with van der Waals surface area (Å²) in [5.74, 6) is 0.0451. The van der Waals surface area contributed by atoms with Gasteiger partial charge in [-0.05, 0) is 18.2 Å². The van der Waals surface area contributed by atoms with Crippen LogP contribution in [0.5, 0.6) is 0 Å². The first-order valence-electron chi connectivity index (χ1n) is 14.9. The molecule has 1 amide bonds. The maximum Gasteiger partial charge on any atom is 0.303 e. The number of aromatic nitrogens is 4. The Labute approximate surface area is 266 Å². The fraction of sp³-hybridized carbons (Fsp3) is 0.607. The largest absolute Gasteiger partial charge is 0.366 e. The van der Waals surface area contributed by atoms with Crippen LogP contribution in [-0.2, 0) is 26.6 Å². The number of sulfonamides is 1. The van der Waals surface area contributed by atoms with Gasteiger partial charge in [-0.25, -0.2) is 23.8 Å². The van der Waals surface area contributed by atoms with Gasteiger partial charge in [0.2, 0.25) is 5.91 Å². The SMILES string of the molecule is [C-]#[N+]C1(N(COCC[Si](C)(C)C)S(=O)(=O)c2cc(N3CCN(C(=O)CC)CC3)c3c(c2)c(-c2nnc(C(F)F)s2)nn3C)CC1. The number of alkyl halides is 2. The number of aryl methyl sites for hydroxylation is 1. The lowest BCUT2D eigenvalue weighted by Crippen LogP contribution is -2.48. The number of piperazine rings is 1. The van der Waals surface area contributed by atoms with Crippen LogP contribution in [0, 0.1) is 6.57 Å². The van der Waals surface area contributed by atoms with Crippen molar-refractivity contribution in [1.29, 1.82) is 0 Å². The van der Waals surface area contributed by atoms with Gasteiger partial charge in [0.05, 0.1) is 28.9 Å². The molecule has 1 saturated carbocycles. The average Bonchev–Trinajstić information content (AvgIpc) is 3.48.